The molecule has 2 N–H and O–H groups in total. The Morgan fingerprint density at radius 1 is 0.971 bits per heavy atom. The summed E-state index contributed by atoms with van der Waals surface area (Å²) in [6.07, 6.45) is 1.48. The summed E-state index contributed by atoms with van der Waals surface area (Å²) in [5.74, 6) is 0.823. The molecule has 1 aliphatic rings. The Kier molecular flexibility index (Phi) is 7.03. The average Bonchev–Trinajstić information content (AvgIpc) is 2.86. The fraction of sp³-hybridized carbons (Fsp3) is 0.240. The number of hydrogen-bond acceptors (Lipinski definition) is 6. The van der Waals surface area contributed by atoms with E-state index in [0.29, 0.717) is 49.1 Å². The maximum Gasteiger partial charge on any atom is 0.253 e. The third kappa shape index (κ3) is 5.68. The minimum atomic E-state index is -0.400. The molecule has 176 valence electrons. The quantitative estimate of drug-likeness (QED) is 0.580. The third-order valence-electron chi connectivity index (χ3n) is 5.68. The van der Waals surface area contributed by atoms with Crippen LogP contribution in [0.4, 0.5) is 10.2 Å². The van der Waals surface area contributed by atoms with Crippen molar-refractivity contribution >= 4 is 17.6 Å². The van der Waals surface area contributed by atoms with Crippen LogP contribution in [0.5, 0.6) is 17.2 Å². The second-order valence-electron chi connectivity index (χ2n) is 7.98. The van der Waals surface area contributed by atoms with Crippen LogP contribution in [0, 0.1) is 5.82 Å². The number of benzene rings is 2. The van der Waals surface area contributed by atoms with Gasteiger partial charge in [-0.1, -0.05) is 0 Å². The fourth-order valence-corrected chi connectivity index (χ4v) is 3.65. The first kappa shape index (κ1) is 23.2. The third-order valence-corrected chi connectivity index (χ3v) is 5.68. The summed E-state index contributed by atoms with van der Waals surface area (Å²) in [4.78, 5) is 33.3. The van der Waals surface area contributed by atoms with Gasteiger partial charge in [-0.3, -0.25) is 14.5 Å². The van der Waals surface area contributed by atoms with E-state index in [2.05, 4.69) is 10.3 Å². The highest BCUT2D eigenvalue weighted by Gasteiger charge is 2.28. The number of carbonyl (C=O) groups excluding carboxylic acids is 2. The Morgan fingerprint density at radius 2 is 1.62 bits per heavy atom. The second-order valence-corrected chi connectivity index (χ2v) is 7.98. The Labute approximate surface area is 196 Å². The highest BCUT2D eigenvalue weighted by atomic mass is 19.1. The van der Waals surface area contributed by atoms with Gasteiger partial charge in [-0.15, -0.1) is 0 Å². The van der Waals surface area contributed by atoms with Gasteiger partial charge in [0.05, 0.1) is 12.2 Å². The minimum Gasteiger partial charge on any atom is -0.508 e. The van der Waals surface area contributed by atoms with E-state index in [1.807, 2.05) is 11.8 Å². The minimum absolute atomic E-state index is 0.0936. The molecule has 2 amide bonds. The van der Waals surface area contributed by atoms with Gasteiger partial charge < -0.3 is 20.1 Å². The SMILES string of the molecule is CC(C(=O)Nc1ccc(Oc2ccc(F)cc2)cn1)N1CCN(C(=O)c2ccc(O)cc2)CC1. The Bertz CT molecular complexity index is 1130. The first-order valence-electron chi connectivity index (χ1n) is 10.9. The van der Waals surface area contributed by atoms with Crippen molar-refractivity contribution in [2.24, 2.45) is 0 Å². The number of nitrogens with one attached hydrogen (secondary N) is 1. The number of phenols is 1. The smallest absolute Gasteiger partial charge is 0.253 e. The van der Waals surface area contributed by atoms with E-state index in [0.717, 1.165) is 0 Å². The first-order valence-corrected chi connectivity index (χ1v) is 10.9. The van der Waals surface area contributed by atoms with Gasteiger partial charge in [-0.25, -0.2) is 9.37 Å². The molecule has 3 aromatic rings. The number of piperazine rings is 1. The number of nitrogens with zero attached hydrogens (tertiary/aromatic N) is 3. The molecule has 1 fully saturated rings. The van der Waals surface area contributed by atoms with E-state index in [1.165, 1.54) is 42.6 Å². The van der Waals surface area contributed by atoms with Gasteiger partial charge in [0, 0.05) is 31.7 Å². The van der Waals surface area contributed by atoms with Crippen LogP contribution in [0.1, 0.15) is 17.3 Å². The number of pyridine rings is 1. The van der Waals surface area contributed by atoms with Gasteiger partial charge in [0.25, 0.3) is 5.91 Å². The molecule has 0 radical (unpaired) electrons. The van der Waals surface area contributed by atoms with Gasteiger partial charge in [-0.05, 0) is 67.6 Å². The lowest BCUT2D eigenvalue weighted by Crippen LogP contribution is -2.54. The summed E-state index contributed by atoms with van der Waals surface area (Å²) in [5, 5.41) is 12.2. The molecule has 1 unspecified atom stereocenters. The number of phenolic OH excluding ortho intramolecular Hbond substituents is 1. The number of carbonyl (C=O) groups is 2. The van der Waals surface area contributed by atoms with Crippen LogP contribution in [-0.2, 0) is 4.79 Å². The van der Waals surface area contributed by atoms with Gasteiger partial charge in [0.1, 0.15) is 28.9 Å². The number of halogens is 1. The normalized spacial score (nSPS) is 14.9. The first-order chi connectivity index (χ1) is 16.4. The van der Waals surface area contributed by atoms with Crippen molar-refractivity contribution in [3.63, 3.8) is 0 Å². The number of aromatic hydroxyl groups is 1. The number of anilines is 1. The lowest BCUT2D eigenvalue weighted by Gasteiger charge is -2.37. The second kappa shape index (κ2) is 10.3. The van der Waals surface area contributed by atoms with Crippen LogP contribution in [0.15, 0.2) is 66.9 Å². The van der Waals surface area contributed by atoms with Crippen molar-refractivity contribution in [3.8, 4) is 17.2 Å². The molecular formula is C25H25FN4O4. The standard InChI is InChI=1S/C25H25FN4O4/c1-17(29-12-14-30(15-13-29)25(33)18-2-6-20(31)7-3-18)24(32)28-23-11-10-22(16-27-23)34-21-8-4-19(26)5-9-21/h2-11,16-17,31H,12-15H2,1H3,(H,27,28,32). The van der Waals surface area contributed by atoms with Crippen LogP contribution in [0.3, 0.4) is 0 Å². The summed E-state index contributed by atoms with van der Waals surface area (Å²) >= 11 is 0. The summed E-state index contributed by atoms with van der Waals surface area (Å²) in [5.41, 5.74) is 0.523. The molecule has 2 aromatic carbocycles. The molecule has 4 rings (SSSR count). The van der Waals surface area contributed by atoms with Gasteiger partial charge in [-0.2, -0.15) is 0 Å². The molecule has 2 heterocycles. The zero-order valence-corrected chi connectivity index (χ0v) is 18.6. The summed E-state index contributed by atoms with van der Waals surface area (Å²) in [6.45, 7) is 3.96. The molecule has 0 spiro atoms. The highest BCUT2D eigenvalue weighted by Crippen LogP contribution is 2.22. The van der Waals surface area contributed by atoms with E-state index in [4.69, 9.17) is 4.74 Å². The fourth-order valence-electron chi connectivity index (χ4n) is 3.65. The molecule has 1 atom stereocenters. The topological polar surface area (TPSA) is 95.0 Å². The van der Waals surface area contributed by atoms with Crippen molar-refractivity contribution < 1.29 is 23.8 Å². The maximum atomic E-state index is 13.0. The molecule has 1 saturated heterocycles. The molecule has 0 bridgehead atoms. The lowest BCUT2D eigenvalue weighted by molar-refractivity contribution is -0.121. The maximum absolute atomic E-state index is 13.0. The Hall–Kier alpha value is -3.98. The molecule has 8 nitrogen and oxygen atoms in total. The molecule has 0 aliphatic carbocycles. The van der Waals surface area contributed by atoms with E-state index in [-0.39, 0.29) is 23.4 Å². The molecule has 1 aliphatic heterocycles. The number of ether oxygens (including phenoxy) is 1. The van der Waals surface area contributed by atoms with Gasteiger partial charge >= 0.3 is 0 Å². The summed E-state index contributed by atoms with van der Waals surface area (Å²) < 4.78 is 18.6. The van der Waals surface area contributed by atoms with Crippen molar-refractivity contribution in [1.29, 1.82) is 0 Å². The van der Waals surface area contributed by atoms with E-state index < -0.39 is 6.04 Å². The molecule has 34 heavy (non-hydrogen) atoms. The predicted octanol–water partition coefficient (Wildman–Crippen LogP) is 3.50. The van der Waals surface area contributed by atoms with Crippen LogP contribution < -0.4 is 10.1 Å². The lowest BCUT2D eigenvalue weighted by atomic mass is 10.1. The van der Waals surface area contributed by atoms with Crippen LogP contribution in [0.2, 0.25) is 0 Å². The Balaban J connectivity index is 1.27. The molecule has 0 saturated carbocycles. The van der Waals surface area contributed by atoms with Crippen molar-refractivity contribution in [3.05, 3.63) is 78.2 Å². The molecule has 9 heteroatoms. The number of aromatic nitrogens is 1. The number of rotatable bonds is 6. The number of hydrogen-bond donors (Lipinski definition) is 2. The van der Waals surface area contributed by atoms with Crippen molar-refractivity contribution in [1.82, 2.24) is 14.8 Å². The zero-order valence-electron chi connectivity index (χ0n) is 18.6. The molecule has 1 aromatic heterocycles. The highest BCUT2D eigenvalue weighted by molar-refractivity contribution is 5.95. The van der Waals surface area contributed by atoms with Crippen LogP contribution in [-0.4, -0.2) is 63.9 Å². The van der Waals surface area contributed by atoms with Crippen molar-refractivity contribution in [2.45, 2.75) is 13.0 Å². The molecular weight excluding hydrogens is 439 g/mol. The van der Waals surface area contributed by atoms with Crippen LogP contribution >= 0.6 is 0 Å². The van der Waals surface area contributed by atoms with Gasteiger partial charge in [0.15, 0.2) is 0 Å². The monoisotopic (exact) mass is 464 g/mol. The predicted molar refractivity (Wildman–Crippen MR) is 124 cm³/mol. The van der Waals surface area contributed by atoms with E-state index >= 15 is 0 Å². The summed E-state index contributed by atoms with van der Waals surface area (Å²) in [7, 11) is 0. The van der Waals surface area contributed by atoms with Crippen molar-refractivity contribution in [2.75, 3.05) is 31.5 Å². The Morgan fingerprint density at radius 3 is 2.24 bits per heavy atom. The largest absolute Gasteiger partial charge is 0.508 e. The van der Waals surface area contributed by atoms with E-state index in [1.54, 1.807) is 29.2 Å². The zero-order chi connectivity index (χ0) is 24.1. The van der Waals surface area contributed by atoms with E-state index in [9.17, 15) is 19.1 Å². The average molecular weight is 464 g/mol. The van der Waals surface area contributed by atoms with Crippen LogP contribution in [0.25, 0.3) is 0 Å². The van der Waals surface area contributed by atoms with Gasteiger partial charge in [0.2, 0.25) is 5.91 Å². The number of amides is 2. The summed E-state index contributed by atoms with van der Waals surface area (Å²) in [6, 6.07) is 14.7.